The average Bonchev–Trinajstić information content (AvgIpc) is 3.44. The molecule has 4 saturated carbocycles. The summed E-state index contributed by atoms with van der Waals surface area (Å²) in [5.74, 6) is -1.16. The molecule has 20 atom stereocenters. The van der Waals surface area contributed by atoms with Crippen LogP contribution in [0.4, 0.5) is 0 Å². The van der Waals surface area contributed by atoms with Crippen molar-refractivity contribution in [3.05, 3.63) is 0 Å². The van der Waals surface area contributed by atoms with E-state index in [1.165, 1.54) is 0 Å². The van der Waals surface area contributed by atoms with Crippen molar-refractivity contribution in [2.75, 3.05) is 13.2 Å². The molecular weight excluding hydrogens is 588 g/mol. The molecule has 1 unspecified atom stereocenters. The summed E-state index contributed by atoms with van der Waals surface area (Å²) in [7, 11) is 0. The van der Waals surface area contributed by atoms with Crippen molar-refractivity contribution in [2.24, 2.45) is 52.3 Å². The van der Waals surface area contributed by atoms with Crippen LogP contribution < -0.4 is 0 Å². The van der Waals surface area contributed by atoms with Gasteiger partial charge in [0.2, 0.25) is 0 Å². The molecule has 4 aliphatic carbocycles. The van der Waals surface area contributed by atoms with Crippen molar-refractivity contribution < 1.29 is 60.2 Å². The van der Waals surface area contributed by atoms with Gasteiger partial charge < -0.3 is 60.2 Å². The van der Waals surface area contributed by atoms with E-state index in [9.17, 15) is 46.0 Å². The summed E-state index contributed by atoms with van der Waals surface area (Å²) >= 11 is 0. The number of aliphatic hydroxyl groups is 9. The highest BCUT2D eigenvalue weighted by atomic mass is 16.7. The van der Waals surface area contributed by atoms with E-state index in [0.29, 0.717) is 19.3 Å². The van der Waals surface area contributed by atoms with Crippen LogP contribution in [0.3, 0.4) is 0 Å². The van der Waals surface area contributed by atoms with Crippen LogP contribution in [0.2, 0.25) is 0 Å². The van der Waals surface area contributed by atoms with E-state index >= 15 is 0 Å². The normalized spacial score (nSPS) is 58.3. The molecule has 6 rings (SSSR count). The van der Waals surface area contributed by atoms with Gasteiger partial charge in [0.25, 0.3) is 0 Å². The van der Waals surface area contributed by atoms with Crippen LogP contribution in [0.5, 0.6) is 0 Å². The van der Waals surface area contributed by atoms with Gasteiger partial charge in [-0.3, -0.25) is 0 Å². The fourth-order valence-corrected chi connectivity index (χ4v) is 11.3. The lowest BCUT2D eigenvalue weighted by atomic mass is 9.43. The molecule has 12 heteroatoms. The summed E-state index contributed by atoms with van der Waals surface area (Å²) in [5, 5.41) is 95.2. The number of fused-ring (bicyclic) bond motifs is 7. The fraction of sp³-hybridized carbons (Fsp3) is 1.00. The van der Waals surface area contributed by atoms with Crippen LogP contribution in [-0.4, -0.2) is 126 Å². The van der Waals surface area contributed by atoms with Crippen LogP contribution in [-0.2, 0) is 14.2 Å². The summed E-state index contributed by atoms with van der Waals surface area (Å²) in [6.45, 7) is 7.96. The van der Waals surface area contributed by atoms with E-state index in [-0.39, 0.29) is 66.0 Å². The Balaban J connectivity index is 1.09. The Morgan fingerprint density at radius 2 is 1.58 bits per heavy atom. The Bertz CT molecular complexity index is 1060. The van der Waals surface area contributed by atoms with Gasteiger partial charge in [-0.15, -0.1) is 0 Å². The Kier molecular flexibility index (Phi) is 9.27. The van der Waals surface area contributed by atoms with Gasteiger partial charge in [0, 0.05) is 17.8 Å². The molecule has 9 N–H and O–H groups in total. The lowest BCUT2D eigenvalue weighted by Crippen LogP contribution is -2.67. The smallest absolute Gasteiger partial charge is 0.186 e. The second kappa shape index (κ2) is 12.1. The van der Waals surface area contributed by atoms with Gasteiger partial charge in [-0.05, 0) is 79.4 Å². The predicted octanol–water partition coefficient (Wildman–Crippen LogP) is -0.515. The van der Waals surface area contributed by atoms with Gasteiger partial charge in [-0.2, -0.15) is 0 Å². The van der Waals surface area contributed by atoms with Crippen LogP contribution in [0.1, 0.15) is 72.6 Å². The van der Waals surface area contributed by atoms with E-state index in [4.69, 9.17) is 14.2 Å². The van der Waals surface area contributed by atoms with Crippen molar-refractivity contribution in [2.45, 2.75) is 140 Å². The zero-order valence-corrected chi connectivity index (χ0v) is 26.9. The minimum atomic E-state index is -1.50. The zero-order chi connectivity index (χ0) is 32.8. The monoisotopic (exact) mass is 644 g/mol. The average molecular weight is 645 g/mol. The standard InChI is InChI=1S/C33H56O12/c1-14(13-43-30-28(40)27(39)26(38)23(12-34)44-30)5-8-33(42)15(2)24-22(45-33)11-18-16-9-20(35)19-10-21(36)25(37)29(41)32(19,4)17(16)6-7-31(18,24)3/h14-30,34-42H,5-13H2,1-4H3/t14-,15+,16-,17+,18+,19+,20+,21-,22+,23-,24+,25-,26-,27+,28-,29-,30-,31+,32-,33?/m1/s1. The number of rotatable bonds is 7. The quantitative estimate of drug-likeness (QED) is 0.172. The molecule has 0 aromatic heterocycles. The Morgan fingerprint density at radius 3 is 2.27 bits per heavy atom. The van der Waals surface area contributed by atoms with E-state index in [0.717, 1.165) is 19.3 Å². The Hall–Kier alpha value is -0.480. The highest BCUT2D eigenvalue weighted by Gasteiger charge is 2.70. The number of ether oxygens (including phenoxy) is 3. The van der Waals surface area contributed by atoms with E-state index in [2.05, 4.69) is 13.8 Å². The van der Waals surface area contributed by atoms with E-state index in [1.54, 1.807) is 0 Å². The summed E-state index contributed by atoms with van der Waals surface area (Å²) in [6, 6.07) is 0. The second-order valence-electron chi connectivity index (χ2n) is 16.2. The molecule has 2 aliphatic heterocycles. The van der Waals surface area contributed by atoms with Crippen molar-refractivity contribution in [1.82, 2.24) is 0 Å². The largest absolute Gasteiger partial charge is 0.394 e. The molecule has 0 bridgehead atoms. The van der Waals surface area contributed by atoms with Gasteiger partial charge in [-0.1, -0.05) is 27.7 Å². The van der Waals surface area contributed by atoms with Crippen molar-refractivity contribution in [3.8, 4) is 0 Å². The molecule has 6 aliphatic rings. The first-order valence-corrected chi connectivity index (χ1v) is 17.1. The summed E-state index contributed by atoms with van der Waals surface area (Å²) in [5.41, 5.74) is -0.810. The highest BCUT2D eigenvalue weighted by molar-refractivity contribution is 5.17. The number of hydrogen-bond donors (Lipinski definition) is 9. The molecule has 2 heterocycles. The third-order valence-electron chi connectivity index (χ3n) is 13.9. The van der Waals surface area contributed by atoms with Gasteiger partial charge in [0.1, 0.15) is 30.5 Å². The molecule has 0 aromatic carbocycles. The molecule has 45 heavy (non-hydrogen) atoms. The van der Waals surface area contributed by atoms with Crippen LogP contribution >= 0.6 is 0 Å². The lowest BCUT2D eigenvalue weighted by Gasteiger charge is -2.64. The first kappa shape index (κ1) is 34.4. The van der Waals surface area contributed by atoms with E-state index < -0.39 is 72.9 Å². The summed E-state index contributed by atoms with van der Waals surface area (Å²) < 4.78 is 17.7. The van der Waals surface area contributed by atoms with Gasteiger partial charge in [0.05, 0.1) is 37.6 Å². The molecule has 2 saturated heterocycles. The molecule has 0 amide bonds. The maximum atomic E-state index is 11.8. The maximum Gasteiger partial charge on any atom is 0.186 e. The van der Waals surface area contributed by atoms with Crippen molar-refractivity contribution in [3.63, 3.8) is 0 Å². The zero-order valence-electron chi connectivity index (χ0n) is 26.9. The Labute approximate surface area is 265 Å². The highest BCUT2D eigenvalue weighted by Crippen LogP contribution is 2.70. The van der Waals surface area contributed by atoms with Crippen molar-refractivity contribution in [1.29, 1.82) is 0 Å². The first-order valence-electron chi connectivity index (χ1n) is 17.1. The molecule has 0 radical (unpaired) electrons. The predicted molar refractivity (Wildman–Crippen MR) is 158 cm³/mol. The lowest BCUT2D eigenvalue weighted by molar-refractivity contribution is -0.303. The SMILES string of the molecule is C[C@H](CCC1(O)O[C@H]2C[C@H]3[C@@H]4C[C@H](O)[C@@H]5C[C@@H](O)[C@@H](O)[C@@H](O)[C@]5(C)[C@H]4CC[C@]3(C)[C@H]2[C@@H]1C)CO[C@@H]1O[C@H](CO)[C@@H](O)[C@H](O)[C@H]1O. The molecule has 260 valence electrons. The molecule has 6 fully saturated rings. The second-order valence-corrected chi connectivity index (χ2v) is 16.2. The van der Waals surface area contributed by atoms with Crippen LogP contribution in [0.25, 0.3) is 0 Å². The number of hydrogen-bond acceptors (Lipinski definition) is 12. The number of aliphatic hydroxyl groups excluding tert-OH is 8. The van der Waals surface area contributed by atoms with E-state index in [1.807, 2.05) is 13.8 Å². The fourth-order valence-electron chi connectivity index (χ4n) is 11.3. The van der Waals surface area contributed by atoms with Crippen molar-refractivity contribution >= 4 is 0 Å². The summed E-state index contributed by atoms with van der Waals surface area (Å²) in [6.07, 6.45) is -6.47. The third kappa shape index (κ3) is 5.25. The third-order valence-corrected chi connectivity index (χ3v) is 13.9. The minimum Gasteiger partial charge on any atom is -0.394 e. The van der Waals surface area contributed by atoms with Crippen LogP contribution in [0.15, 0.2) is 0 Å². The Morgan fingerprint density at radius 1 is 0.867 bits per heavy atom. The van der Waals surface area contributed by atoms with Gasteiger partial charge >= 0.3 is 0 Å². The van der Waals surface area contributed by atoms with Gasteiger partial charge in [-0.25, -0.2) is 0 Å². The molecule has 0 spiro atoms. The van der Waals surface area contributed by atoms with Crippen LogP contribution in [0, 0.1) is 52.3 Å². The minimum absolute atomic E-state index is 0.0513. The van der Waals surface area contributed by atoms with Gasteiger partial charge in [0.15, 0.2) is 12.1 Å². The molecule has 12 nitrogen and oxygen atoms in total. The first-order chi connectivity index (χ1) is 21.1. The summed E-state index contributed by atoms with van der Waals surface area (Å²) in [4.78, 5) is 0. The molecular formula is C33H56O12. The topological polar surface area (TPSA) is 210 Å². The maximum absolute atomic E-state index is 11.8. The molecule has 0 aromatic rings.